The Balaban J connectivity index is 1.57. The van der Waals surface area contributed by atoms with Crippen LogP contribution in [0.4, 0.5) is 0 Å². The van der Waals surface area contributed by atoms with Gasteiger partial charge in [-0.1, -0.05) is 36.5 Å². The van der Waals surface area contributed by atoms with Crippen molar-refractivity contribution >= 4 is 16.6 Å². The van der Waals surface area contributed by atoms with E-state index in [1.165, 1.54) is 10.4 Å². The molecule has 4 aliphatic rings. The molecule has 0 radical (unpaired) electrons. The molecule has 0 spiro atoms. The zero-order chi connectivity index (χ0) is 21.2. The summed E-state index contributed by atoms with van der Waals surface area (Å²) in [5, 5.41) is 2.51. The molecule has 2 fully saturated rings. The van der Waals surface area contributed by atoms with Crippen molar-refractivity contribution in [3.8, 4) is 0 Å². The molecule has 0 N–H and O–H groups in total. The van der Waals surface area contributed by atoms with Crippen LogP contribution < -0.4 is 0 Å². The molecule has 0 unspecified atom stereocenters. The molecule has 7 heteroatoms. The van der Waals surface area contributed by atoms with Crippen molar-refractivity contribution in [2.45, 2.75) is 89.9 Å². The first-order chi connectivity index (χ1) is 13.3. The number of allylic oxidation sites excluding steroid dienone is 4. The third-order valence-corrected chi connectivity index (χ3v) is 13.7. The lowest BCUT2D eigenvalue weighted by Crippen LogP contribution is -2.53. The van der Waals surface area contributed by atoms with Gasteiger partial charge in [-0.3, -0.25) is 0 Å². The Morgan fingerprint density at radius 3 is 1.45 bits per heavy atom. The second-order valence-corrected chi connectivity index (χ2v) is 18.2. The van der Waals surface area contributed by atoms with Crippen molar-refractivity contribution < 1.29 is 23.1 Å². The average Bonchev–Trinajstić information content (AvgIpc) is 3.04. The van der Waals surface area contributed by atoms with Crippen LogP contribution in [-0.2, 0) is 23.1 Å². The largest absolute Gasteiger partial charge is 0.449 e. The highest BCUT2D eigenvalue weighted by molar-refractivity contribution is 6.91. The van der Waals surface area contributed by atoms with Gasteiger partial charge in [0.05, 0.1) is 0 Å². The van der Waals surface area contributed by atoms with Gasteiger partial charge in [0.2, 0.25) is 16.6 Å². The lowest BCUT2D eigenvalue weighted by atomic mass is 10.1. The molecule has 2 aliphatic heterocycles. The first-order valence-corrected chi connectivity index (χ1v) is 16.3. The highest BCUT2D eigenvalue weighted by atomic mass is 28.4. The van der Waals surface area contributed by atoms with Crippen molar-refractivity contribution in [2.75, 3.05) is 0 Å². The Kier molecular flexibility index (Phi) is 5.06. The van der Waals surface area contributed by atoms with Crippen LogP contribution in [0.5, 0.6) is 0 Å². The zero-order valence-corrected chi connectivity index (χ0v) is 20.8. The van der Waals surface area contributed by atoms with Gasteiger partial charge in [-0.2, -0.15) is 0 Å². The van der Waals surface area contributed by atoms with Crippen LogP contribution in [0.1, 0.15) is 27.7 Å². The van der Waals surface area contributed by atoms with Gasteiger partial charge in [0.1, 0.15) is 24.4 Å². The summed E-state index contributed by atoms with van der Waals surface area (Å²) in [5.41, 5.74) is 0. The monoisotopic (exact) mass is 434 g/mol. The summed E-state index contributed by atoms with van der Waals surface area (Å²) in [7, 11) is -4.49. The van der Waals surface area contributed by atoms with E-state index in [1.807, 2.05) is 27.7 Å². The Morgan fingerprint density at radius 2 is 1.07 bits per heavy atom. The summed E-state index contributed by atoms with van der Waals surface area (Å²) in [5.74, 6) is -1.16. The van der Waals surface area contributed by atoms with E-state index in [9.17, 15) is 0 Å². The van der Waals surface area contributed by atoms with Gasteiger partial charge in [-0.05, 0) is 64.3 Å². The van der Waals surface area contributed by atoms with Gasteiger partial charge in [-0.25, -0.2) is 0 Å². The van der Waals surface area contributed by atoms with Crippen LogP contribution in [0.25, 0.3) is 0 Å². The second kappa shape index (κ2) is 6.85. The van der Waals surface area contributed by atoms with Crippen LogP contribution in [-0.4, -0.2) is 52.6 Å². The molecule has 0 aromatic rings. The first-order valence-electron chi connectivity index (χ1n) is 10.5. The maximum atomic E-state index is 7.06. The summed E-state index contributed by atoms with van der Waals surface area (Å²) in [6.45, 7) is 17.0. The lowest BCUT2D eigenvalue weighted by Gasteiger charge is -2.41. The molecule has 0 saturated carbocycles. The van der Waals surface area contributed by atoms with Crippen molar-refractivity contribution in [1.29, 1.82) is 0 Å². The maximum absolute atomic E-state index is 7.06. The fourth-order valence-corrected chi connectivity index (χ4v) is 13.8. The fraction of sp³-hybridized carbons (Fsp3) is 0.636. The maximum Gasteiger partial charge on any atom is 0.204 e. The minimum absolute atomic E-state index is 0.0428. The van der Waals surface area contributed by atoms with Gasteiger partial charge in [-0.15, -0.1) is 0 Å². The third-order valence-electron chi connectivity index (χ3n) is 5.93. The molecule has 29 heavy (non-hydrogen) atoms. The summed E-state index contributed by atoms with van der Waals surface area (Å²) in [4.78, 5) is 0. The molecule has 2 heterocycles. The average molecular weight is 435 g/mol. The smallest absolute Gasteiger partial charge is 0.204 e. The fourth-order valence-electron chi connectivity index (χ4n) is 4.91. The van der Waals surface area contributed by atoms with Gasteiger partial charge >= 0.3 is 0 Å². The van der Waals surface area contributed by atoms with E-state index in [0.29, 0.717) is 0 Å². The number of hydrogen-bond donors (Lipinski definition) is 0. The number of ether oxygens (including phenoxy) is 4. The summed E-state index contributed by atoms with van der Waals surface area (Å²) in [6.07, 6.45) is 12.5. The molecule has 0 bridgehead atoms. The number of rotatable bonds is 4. The zero-order valence-electron chi connectivity index (χ0n) is 18.8. The molecule has 0 aromatic heterocycles. The van der Waals surface area contributed by atoms with Crippen molar-refractivity contribution in [3.05, 3.63) is 46.8 Å². The number of fused-ring (bicyclic) bond motifs is 2. The van der Waals surface area contributed by atoms with Crippen molar-refractivity contribution in [3.63, 3.8) is 0 Å². The van der Waals surface area contributed by atoms with E-state index >= 15 is 0 Å². The van der Waals surface area contributed by atoms with E-state index in [0.717, 1.165) is 0 Å². The van der Waals surface area contributed by atoms with Crippen LogP contribution in [0, 0.1) is 0 Å². The van der Waals surface area contributed by atoms with Crippen LogP contribution in [0.3, 0.4) is 0 Å². The molecule has 2 aliphatic carbocycles. The van der Waals surface area contributed by atoms with Crippen LogP contribution in [0.15, 0.2) is 46.8 Å². The molecule has 2 saturated heterocycles. The number of hydrogen-bond acceptors (Lipinski definition) is 5. The molecule has 4 atom stereocenters. The summed E-state index contributed by atoms with van der Waals surface area (Å²) >= 11 is 0. The molecule has 5 nitrogen and oxygen atoms in total. The van der Waals surface area contributed by atoms with E-state index in [2.05, 4.69) is 62.6 Å². The van der Waals surface area contributed by atoms with Crippen molar-refractivity contribution in [2.24, 2.45) is 0 Å². The predicted octanol–water partition coefficient (Wildman–Crippen LogP) is 4.52. The van der Waals surface area contributed by atoms with Crippen LogP contribution in [0.2, 0.25) is 26.2 Å². The predicted molar refractivity (Wildman–Crippen MR) is 118 cm³/mol. The molecular formula is C22H34O5Si2. The Labute approximate surface area is 176 Å². The third kappa shape index (κ3) is 4.06. The van der Waals surface area contributed by atoms with Gasteiger partial charge < -0.3 is 23.1 Å². The highest BCUT2D eigenvalue weighted by Crippen LogP contribution is 2.42. The van der Waals surface area contributed by atoms with Gasteiger partial charge in [0.15, 0.2) is 11.6 Å². The Hall–Kier alpha value is -0.806. The summed E-state index contributed by atoms with van der Waals surface area (Å²) < 4.78 is 31.7. The van der Waals surface area contributed by atoms with E-state index in [-0.39, 0.29) is 24.4 Å². The SMILES string of the molecule is CC1(C)O[C@H]2C=CC=C([Si](C)(C)O[Si](C)(C)C3=CC=C[C@@H]4OC(C)(C)O[C@H]34)[C@H]2O1. The minimum atomic E-state index is -2.24. The molecular weight excluding hydrogens is 400 g/mol. The highest BCUT2D eigenvalue weighted by Gasteiger charge is 2.52. The topological polar surface area (TPSA) is 46.2 Å². The van der Waals surface area contributed by atoms with Gasteiger partial charge in [0.25, 0.3) is 0 Å². The minimum Gasteiger partial charge on any atom is -0.449 e. The molecule has 160 valence electrons. The summed E-state index contributed by atoms with van der Waals surface area (Å²) in [6, 6.07) is 0. The quantitative estimate of drug-likeness (QED) is 0.609. The molecule has 4 rings (SSSR count). The van der Waals surface area contributed by atoms with E-state index < -0.39 is 28.2 Å². The second-order valence-electron chi connectivity index (χ2n) is 10.2. The Morgan fingerprint density at radius 1 is 0.690 bits per heavy atom. The van der Waals surface area contributed by atoms with Crippen LogP contribution >= 0.6 is 0 Å². The molecule has 0 amide bonds. The lowest BCUT2D eigenvalue weighted by molar-refractivity contribution is -0.139. The van der Waals surface area contributed by atoms with E-state index in [1.54, 1.807) is 0 Å². The normalized spacial score (nSPS) is 35.2. The van der Waals surface area contributed by atoms with E-state index in [4.69, 9.17) is 23.1 Å². The standard InChI is InChI=1S/C22H34O5Si2/c1-21(2)23-15-11-9-13-17(19(15)25-21)28(5,6)27-29(7,8)18-14-10-12-16-20(18)26-22(3,4)24-16/h9-16,19-20H,1-8H3/t15-,16-,19-,20-/m0/s1. The Bertz CT molecular complexity index is 740. The molecule has 0 aromatic carbocycles. The van der Waals surface area contributed by atoms with Gasteiger partial charge in [0, 0.05) is 0 Å². The first kappa shape index (κ1) is 21.4. The van der Waals surface area contributed by atoms with Crippen molar-refractivity contribution in [1.82, 2.24) is 0 Å².